The zero-order valence-corrected chi connectivity index (χ0v) is 6.74. The lowest BCUT2D eigenvalue weighted by Crippen LogP contribution is -2.15. The average Bonchev–Trinajstić information content (AvgIpc) is 1.82. The highest BCUT2D eigenvalue weighted by Crippen LogP contribution is 2.05. The first-order valence-corrected chi connectivity index (χ1v) is 3.93. The van der Waals surface area contributed by atoms with Crippen LogP contribution in [-0.2, 0) is 4.79 Å². The Morgan fingerprint density at radius 1 is 1.56 bits per heavy atom. The average molecular weight is 166 g/mol. The Morgan fingerprint density at radius 3 is 2.22 bits per heavy atom. The number of thiol groups is 2. The molecule has 1 atom stereocenters. The van der Waals surface area contributed by atoms with Crippen LogP contribution in [-0.4, -0.2) is 22.6 Å². The quantitative estimate of drug-likeness (QED) is 0.544. The van der Waals surface area contributed by atoms with Gasteiger partial charge in [0.1, 0.15) is 0 Å². The van der Waals surface area contributed by atoms with Crippen LogP contribution in [0.3, 0.4) is 0 Å². The van der Waals surface area contributed by atoms with Gasteiger partial charge in [0.2, 0.25) is 0 Å². The lowest BCUT2D eigenvalue weighted by molar-refractivity contribution is -0.140. The zero-order valence-electron chi connectivity index (χ0n) is 4.95. The van der Waals surface area contributed by atoms with Crippen LogP contribution in [0, 0.1) is 5.92 Å². The van der Waals surface area contributed by atoms with Gasteiger partial charge in [-0.3, -0.25) is 4.79 Å². The van der Waals surface area contributed by atoms with Crippen molar-refractivity contribution in [1.82, 2.24) is 0 Å². The van der Waals surface area contributed by atoms with Gasteiger partial charge in [-0.1, -0.05) is 0 Å². The Bertz CT molecular complexity index is 95.0. The predicted octanol–water partition coefficient (Wildman–Crippen LogP) is 0.937. The third-order valence-electron chi connectivity index (χ3n) is 1.05. The molecule has 0 heterocycles. The molecule has 0 aliphatic carbocycles. The number of aliphatic carboxylic acids is 1. The second-order valence-electron chi connectivity index (χ2n) is 1.73. The molecule has 0 saturated carbocycles. The summed E-state index contributed by atoms with van der Waals surface area (Å²) in [4.78, 5) is 10.2. The highest BCUT2D eigenvalue weighted by Gasteiger charge is 2.12. The zero-order chi connectivity index (χ0) is 7.28. The number of rotatable bonds is 4. The van der Waals surface area contributed by atoms with E-state index < -0.39 is 5.97 Å². The number of carboxylic acid groups (broad SMARTS) is 1. The number of carbonyl (C=O) groups is 1. The van der Waals surface area contributed by atoms with Gasteiger partial charge in [-0.2, -0.15) is 25.3 Å². The van der Waals surface area contributed by atoms with Crippen molar-refractivity contribution in [3.8, 4) is 0 Å². The number of hydrogen-bond donors (Lipinski definition) is 3. The fourth-order valence-corrected chi connectivity index (χ4v) is 1.10. The van der Waals surface area contributed by atoms with E-state index >= 15 is 0 Å². The highest BCUT2D eigenvalue weighted by molar-refractivity contribution is 7.80. The van der Waals surface area contributed by atoms with Gasteiger partial charge in [0.15, 0.2) is 0 Å². The molecule has 0 aromatic heterocycles. The van der Waals surface area contributed by atoms with Gasteiger partial charge < -0.3 is 5.11 Å². The van der Waals surface area contributed by atoms with Gasteiger partial charge in [-0.25, -0.2) is 0 Å². The summed E-state index contributed by atoms with van der Waals surface area (Å²) in [6.07, 6.45) is 0.599. The summed E-state index contributed by atoms with van der Waals surface area (Å²) in [5.74, 6) is -0.0992. The smallest absolute Gasteiger partial charge is 0.307 e. The summed E-state index contributed by atoms with van der Waals surface area (Å²) in [5.41, 5.74) is 0. The van der Waals surface area contributed by atoms with Crippen molar-refractivity contribution < 1.29 is 9.90 Å². The Morgan fingerprint density at radius 2 is 2.11 bits per heavy atom. The van der Waals surface area contributed by atoms with Gasteiger partial charge >= 0.3 is 5.97 Å². The molecule has 0 aliphatic heterocycles. The van der Waals surface area contributed by atoms with Gasteiger partial charge in [0.25, 0.3) is 0 Å². The van der Waals surface area contributed by atoms with Crippen molar-refractivity contribution >= 4 is 31.2 Å². The van der Waals surface area contributed by atoms with Gasteiger partial charge in [-0.05, 0) is 12.2 Å². The highest BCUT2D eigenvalue weighted by atomic mass is 32.1. The second kappa shape index (κ2) is 4.99. The van der Waals surface area contributed by atoms with Crippen LogP contribution >= 0.6 is 25.3 Å². The predicted molar refractivity (Wildman–Crippen MR) is 43.4 cm³/mol. The molecule has 0 aromatic rings. The Balaban J connectivity index is 3.54. The van der Waals surface area contributed by atoms with Crippen LogP contribution in [0.25, 0.3) is 0 Å². The number of carboxylic acids is 1. The molecule has 0 saturated heterocycles. The summed E-state index contributed by atoms with van der Waals surface area (Å²) >= 11 is 7.79. The standard InChI is InChI=1S/C5H10O2S2/c6-5(7)4(3-9)1-2-8/h4,8-9H,1-3H2,(H,6,7). The lowest BCUT2D eigenvalue weighted by atomic mass is 10.1. The first kappa shape index (κ1) is 9.17. The molecular weight excluding hydrogens is 156 g/mol. The normalized spacial score (nSPS) is 13.1. The summed E-state index contributed by atoms with van der Waals surface area (Å²) in [7, 11) is 0. The third-order valence-corrected chi connectivity index (χ3v) is 1.75. The maximum atomic E-state index is 10.2. The minimum Gasteiger partial charge on any atom is -0.481 e. The fourth-order valence-electron chi connectivity index (χ4n) is 0.449. The summed E-state index contributed by atoms with van der Waals surface area (Å²) in [6.45, 7) is 0. The maximum Gasteiger partial charge on any atom is 0.307 e. The van der Waals surface area contributed by atoms with Crippen LogP contribution in [0.1, 0.15) is 6.42 Å². The molecule has 0 radical (unpaired) electrons. The summed E-state index contributed by atoms with van der Waals surface area (Å²) in [5, 5.41) is 8.42. The lowest BCUT2D eigenvalue weighted by Gasteiger charge is -2.04. The van der Waals surface area contributed by atoms with E-state index in [9.17, 15) is 4.79 Å². The van der Waals surface area contributed by atoms with Gasteiger partial charge in [0, 0.05) is 5.75 Å². The molecule has 4 heteroatoms. The van der Waals surface area contributed by atoms with Crippen LogP contribution in [0.4, 0.5) is 0 Å². The summed E-state index contributed by atoms with van der Waals surface area (Å²) < 4.78 is 0. The molecule has 0 amide bonds. The van der Waals surface area contributed by atoms with Crippen LogP contribution in [0.5, 0.6) is 0 Å². The van der Waals surface area contributed by atoms with E-state index in [1.54, 1.807) is 0 Å². The first-order valence-electron chi connectivity index (χ1n) is 2.67. The monoisotopic (exact) mass is 166 g/mol. The second-order valence-corrected chi connectivity index (χ2v) is 2.54. The molecule has 1 N–H and O–H groups in total. The van der Waals surface area contributed by atoms with E-state index in [0.717, 1.165) is 0 Å². The Labute approximate surface area is 65.5 Å². The molecule has 0 fully saturated rings. The van der Waals surface area contributed by atoms with E-state index in [4.69, 9.17) is 5.11 Å². The molecule has 0 aliphatic rings. The van der Waals surface area contributed by atoms with Crippen molar-refractivity contribution in [3.63, 3.8) is 0 Å². The molecular formula is C5H10O2S2. The Hall–Kier alpha value is 0.170. The Kier molecular flexibility index (Phi) is 5.09. The van der Waals surface area contributed by atoms with E-state index in [0.29, 0.717) is 17.9 Å². The minimum absolute atomic E-state index is 0.328. The van der Waals surface area contributed by atoms with E-state index in [2.05, 4.69) is 25.3 Å². The third kappa shape index (κ3) is 3.70. The van der Waals surface area contributed by atoms with E-state index in [1.165, 1.54) is 0 Å². The first-order chi connectivity index (χ1) is 4.22. The van der Waals surface area contributed by atoms with Gasteiger partial charge in [-0.15, -0.1) is 0 Å². The largest absolute Gasteiger partial charge is 0.481 e. The van der Waals surface area contributed by atoms with E-state index in [-0.39, 0.29) is 5.92 Å². The van der Waals surface area contributed by atoms with Crippen LogP contribution in [0.2, 0.25) is 0 Å². The van der Waals surface area contributed by atoms with Crippen molar-refractivity contribution in [1.29, 1.82) is 0 Å². The van der Waals surface area contributed by atoms with Crippen LogP contribution < -0.4 is 0 Å². The molecule has 0 spiro atoms. The number of hydrogen-bond acceptors (Lipinski definition) is 3. The van der Waals surface area contributed by atoms with Gasteiger partial charge in [0.05, 0.1) is 5.92 Å². The van der Waals surface area contributed by atoms with Crippen molar-refractivity contribution in [2.75, 3.05) is 11.5 Å². The molecule has 9 heavy (non-hydrogen) atoms. The molecule has 54 valence electrons. The minimum atomic E-state index is -0.779. The maximum absolute atomic E-state index is 10.2. The molecule has 0 bridgehead atoms. The van der Waals surface area contributed by atoms with Crippen molar-refractivity contribution in [2.45, 2.75) is 6.42 Å². The van der Waals surface area contributed by atoms with E-state index in [1.807, 2.05) is 0 Å². The summed E-state index contributed by atoms with van der Waals surface area (Å²) in [6, 6.07) is 0. The van der Waals surface area contributed by atoms with Crippen molar-refractivity contribution in [2.24, 2.45) is 5.92 Å². The SMILES string of the molecule is O=C(O)C(CS)CCS. The van der Waals surface area contributed by atoms with Crippen molar-refractivity contribution in [3.05, 3.63) is 0 Å². The topological polar surface area (TPSA) is 37.3 Å². The molecule has 1 unspecified atom stereocenters. The van der Waals surface area contributed by atoms with Crippen LogP contribution in [0.15, 0.2) is 0 Å². The molecule has 0 aromatic carbocycles. The fraction of sp³-hybridized carbons (Fsp3) is 0.800. The molecule has 0 rings (SSSR count). The molecule has 2 nitrogen and oxygen atoms in total.